The molecule has 0 saturated carbocycles. The van der Waals surface area contributed by atoms with E-state index in [2.05, 4.69) is 0 Å². The molecule has 6 nitrogen and oxygen atoms in total. The number of sulfonamides is 1. The van der Waals surface area contributed by atoms with E-state index < -0.39 is 26.7 Å². The van der Waals surface area contributed by atoms with Crippen LogP contribution in [0.25, 0.3) is 0 Å². The topological polar surface area (TPSA) is 66.9 Å². The maximum Gasteiger partial charge on any atom is 0.417 e. The van der Waals surface area contributed by atoms with Gasteiger partial charge in [-0.2, -0.15) is 17.5 Å². The Morgan fingerprint density at radius 3 is 2.17 bits per heavy atom. The summed E-state index contributed by atoms with van der Waals surface area (Å²) in [5, 5.41) is 0. The molecule has 2 fully saturated rings. The van der Waals surface area contributed by atoms with Crippen molar-refractivity contribution in [1.82, 2.24) is 9.21 Å². The molecule has 0 spiro atoms. The van der Waals surface area contributed by atoms with Crippen LogP contribution in [0.3, 0.4) is 0 Å². The first-order valence-electron chi connectivity index (χ1n) is 9.60. The van der Waals surface area contributed by atoms with E-state index in [-0.39, 0.29) is 50.0 Å². The largest absolute Gasteiger partial charge is 0.417 e. The van der Waals surface area contributed by atoms with Gasteiger partial charge in [-0.1, -0.05) is 12.1 Å². The zero-order chi connectivity index (χ0) is 21.4. The van der Waals surface area contributed by atoms with Crippen molar-refractivity contribution in [3.8, 4) is 0 Å². The van der Waals surface area contributed by atoms with E-state index in [1.807, 2.05) is 13.8 Å². The number of hydrogen-bond donors (Lipinski definition) is 0. The molecule has 29 heavy (non-hydrogen) atoms. The number of carbonyl (C=O) groups excluding carboxylic acids is 1. The number of alkyl halides is 3. The lowest BCUT2D eigenvalue weighted by molar-refractivity contribution is -0.148. The molecule has 1 amide bonds. The minimum Gasteiger partial charge on any atom is -0.372 e. The van der Waals surface area contributed by atoms with E-state index in [0.717, 1.165) is 22.5 Å². The molecule has 2 aliphatic heterocycles. The Morgan fingerprint density at radius 2 is 1.62 bits per heavy atom. The summed E-state index contributed by atoms with van der Waals surface area (Å²) >= 11 is 0. The summed E-state index contributed by atoms with van der Waals surface area (Å²) in [6, 6.07) is 4.19. The highest BCUT2D eigenvalue weighted by atomic mass is 32.2. The van der Waals surface area contributed by atoms with Crippen molar-refractivity contribution < 1.29 is 31.1 Å². The highest BCUT2D eigenvalue weighted by Gasteiger charge is 2.41. The van der Waals surface area contributed by atoms with Crippen LogP contribution in [-0.2, 0) is 25.7 Å². The maximum absolute atomic E-state index is 13.2. The lowest BCUT2D eigenvalue weighted by Crippen LogP contribution is -2.51. The number of amides is 1. The predicted octanol–water partition coefficient (Wildman–Crippen LogP) is 2.74. The van der Waals surface area contributed by atoms with E-state index in [9.17, 15) is 26.4 Å². The molecule has 0 N–H and O–H groups in total. The number of rotatable bonds is 3. The molecule has 162 valence electrons. The molecule has 2 atom stereocenters. The molecular formula is C19H25F3N2O4S. The molecule has 2 saturated heterocycles. The summed E-state index contributed by atoms with van der Waals surface area (Å²) in [6.07, 6.45) is -4.33. The summed E-state index contributed by atoms with van der Waals surface area (Å²) < 4.78 is 72.1. The number of hydrogen-bond acceptors (Lipinski definition) is 4. The van der Waals surface area contributed by atoms with E-state index in [1.165, 1.54) is 6.07 Å². The van der Waals surface area contributed by atoms with Crippen LogP contribution in [0.2, 0.25) is 0 Å². The Balaban J connectivity index is 1.70. The average molecular weight is 434 g/mol. The average Bonchev–Trinajstić information content (AvgIpc) is 2.66. The maximum atomic E-state index is 13.2. The molecule has 0 aliphatic carbocycles. The standard InChI is InChI=1S/C19H25F3N2O4S/c1-13-11-23(12-14(2)28-13)18(25)15-7-9-24(10-8-15)29(26,27)17-6-4-3-5-16(17)19(20,21)22/h3-6,13-15H,7-12H2,1-2H3. The Hall–Kier alpha value is -1.65. The van der Waals surface area contributed by atoms with Gasteiger partial charge in [0, 0.05) is 32.1 Å². The molecule has 2 heterocycles. The van der Waals surface area contributed by atoms with Gasteiger partial charge in [-0.3, -0.25) is 4.79 Å². The summed E-state index contributed by atoms with van der Waals surface area (Å²) in [5.41, 5.74) is -1.17. The third kappa shape index (κ3) is 4.75. The van der Waals surface area contributed by atoms with E-state index in [0.29, 0.717) is 13.1 Å². The van der Waals surface area contributed by atoms with Crippen molar-refractivity contribution in [3.63, 3.8) is 0 Å². The van der Waals surface area contributed by atoms with Crippen LogP contribution in [0.5, 0.6) is 0 Å². The van der Waals surface area contributed by atoms with Gasteiger partial charge >= 0.3 is 6.18 Å². The SMILES string of the molecule is CC1CN(C(=O)C2CCN(S(=O)(=O)c3ccccc3C(F)(F)F)CC2)CC(C)O1. The first-order chi connectivity index (χ1) is 13.5. The molecule has 10 heteroatoms. The Morgan fingerprint density at radius 1 is 1.07 bits per heavy atom. The van der Waals surface area contributed by atoms with Crippen LogP contribution >= 0.6 is 0 Å². The van der Waals surface area contributed by atoms with Crippen LogP contribution in [0.15, 0.2) is 29.2 Å². The number of halogens is 3. The van der Waals surface area contributed by atoms with Gasteiger partial charge in [0.25, 0.3) is 0 Å². The quantitative estimate of drug-likeness (QED) is 0.734. The van der Waals surface area contributed by atoms with Gasteiger partial charge in [0.15, 0.2) is 0 Å². The van der Waals surface area contributed by atoms with Crippen LogP contribution in [0, 0.1) is 5.92 Å². The molecule has 1 aromatic rings. The minimum atomic E-state index is -4.76. The van der Waals surface area contributed by atoms with Gasteiger partial charge in [-0.05, 0) is 38.8 Å². The summed E-state index contributed by atoms with van der Waals surface area (Å²) in [6.45, 7) is 4.79. The van der Waals surface area contributed by atoms with E-state index in [4.69, 9.17) is 4.74 Å². The molecule has 1 aromatic carbocycles. The first kappa shape index (κ1) is 22.0. The fourth-order valence-corrected chi connectivity index (χ4v) is 5.71. The predicted molar refractivity (Wildman–Crippen MR) is 99.5 cm³/mol. The van der Waals surface area contributed by atoms with Crippen molar-refractivity contribution in [3.05, 3.63) is 29.8 Å². The lowest BCUT2D eigenvalue weighted by Gasteiger charge is -2.39. The summed E-state index contributed by atoms with van der Waals surface area (Å²) in [4.78, 5) is 13.8. The first-order valence-corrected chi connectivity index (χ1v) is 11.0. The third-order valence-electron chi connectivity index (χ3n) is 5.34. The fraction of sp³-hybridized carbons (Fsp3) is 0.632. The van der Waals surface area contributed by atoms with Gasteiger partial charge in [0.05, 0.1) is 22.7 Å². The van der Waals surface area contributed by atoms with Gasteiger partial charge in [-0.15, -0.1) is 0 Å². The second-order valence-electron chi connectivity index (χ2n) is 7.67. The molecule has 0 bridgehead atoms. The molecule has 2 unspecified atom stereocenters. The van der Waals surface area contributed by atoms with E-state index in [1.54, 1.807) is 4.90 Å². The van der Waals surface area contributed by atoms with Crippen molar-refractivity contribution in [1.29, 1.82) is 0 Å². The Bertz CT molecular complexity index is 841. The zero-order valence-corrected chi connectivity index (χ0v) is 17.2. The molecular weight excluding hydrogens is 409 g/mol. The second-order valence-corrected chi connectivity index (χ2v) is 9.58. The van der Waals surface area contributed by atoms with Crippen LogP contribution < -0.4 is 0 Å². The number of piperidine rings is 1. The van der Waals surface area contributed by atoms with Crippen LogP contribution in [-0.4, -0.2) is 61.9 Å². The number of carbonyl (C=O) groups is 1. The number of nitrogens with zero attached hydrogens (tertiary/aromatic N) is 2. The highest BCUT2D eigenvalue weighted by molar-refractivity contribution is 7.89. The Kier molecular flexibility index (Phi) is 6.26. The minimum absolute atomic E-state index is 0.0143. The number of ether oxygens (including phenoxy) is 1. The van der Waals surface area contributed by atoms with Crippen molar-refractivity contribution in [2.24, 2.45) is 5.92 Å². The normalized spacial score (nSPS) is 25.2. The smallest absolute Gasteiger partial charge is 0.372 e. The van der Waals surface area contributed by atoms with Gasteiger partial charge in [-0.25, -0.2) is 8.42 Å². The summed E-state index contributed by atoms with van der Waals surface area (Å²) in [7, 11) is -4.30. The Labute approximate surface area is 168 Å². The van der Waals surface area contributed by atoms with Gasteiger partial charge < -0.3 is 9.64 Å². The lowest BCUT2D eigenvalue weighted by atomic mass is 9.96. The van der Waals surface area contributed by atoms with E-state index >= 15 is 0 Å². The summed E-state index contributed by atoms with van der Waals surface area (Å²) in [5.74, 6) is -0.378. The van der Waals surface area contributed by atoms with Crippen LogP contribution in [0.1, 0.15) is 32.3 Å². The fourth-order valence-electron chi connectivity index (χ4n) is 4.02. The molecule has 0 aromatic heterocycles. The van der Waals surface area contributed by atoms with Gasteiger partial charge in [0.1, 0.15) is 0 Å². The molecule has 2 aliphatic rings. The zero-order valence-electron chi connectivity index (χ0n) is 16.4. The third-order valence-corrected chi connectivity index (χ3v) is 7.30. The van der Waals surface area contributed by atoms with Crippen molar-refractivity contribution in [2.45, 2.75) is 50.0 Å². The van der Waals surface area contributed by atoms with Gasteiger partial charge in [0.2, 0.25) is 15.9 Å². The number of morpholine rings is 1. The van der Waals surface area contributed by atoms with Crippen LogP contribution in [0.4, 0.5) is 13.2 Å². The number of benzene rings is 1. The van der Waals surface area contributed by atoms with Crippen molar-refractivity contribution >= 4 is 15.9 Å². The second kappa shape index (κ2) is 8.23. The molecule has 0 radical (unpaired) electrons. The highest BCUT2D eigenvalue weighted by Crippen LogP contribution is 2.36. The monoisotopic (exact) mass is 434 g/mol. The van der Waals surface area contributed by atoms with Crippen molar-refractivity contribution in [2.75, 3.05) is 26.2 Å². The molecule has 3 rings (SSSR count).